The van der Waals surface area contributed by atoms with Crippen LogP contribution in [0, 0.1) is 17.4 Å². The minimum absolute atomic E-state index is 0.314. The molecule has 1 N–H and O–H groups in total. The summed E-state index contributed by atoms with van der Waals surface area (Å²) in [6.07, 6.45) is 0. The first-order chi connectivity index (χ1) is 10.2. The van der Waals surface area contributed by atoms with Crippen molar-refractivity contribution in [2.24, 2.45) is 5.92 Å². The van der Waals surface area contributed by atoms with E-state index in [9.17, 15) is 4.79 Å². The third-order valence-corrected chi connectivity index (χ3v) is 3.91. The van der Waals surface area contributed by atoms with Crippen molar-refractivity contribution >= 4 is 19.7 Å². The van der Waals surface area contributed by atoms with Crippen molar-refractivity contribution in [3.8, 4) is 11.5 Å². The zero-order valence-corrected chi connectivity index (χ0v) is 15.1. The smallest absolute Gasteiger partial charge is 0.315 e. The van der Waals surface area contributed by atoms with Gasteiger partial charge in [-0.15, -0.1) is 5.54 Å². The molecule has 118 valence electrons. The molecule has 0 spiro atoms. The van der Waals surface area contributed by atoms with Gasteiger partial charge in [0, 0.05) is 5.69 Å². The summed E-state index contributed by atoms with van der Waals surface area (Å²) in [6.45, 7) is 12.3. The normalized spacial score (nSPS) is 13.3. The van der Waals surface area contributed by atoms with Crippen LogP contribution in [0.2, 0.25) is 19.6 Å². The molecule has 3 nitrogen and oxygen atoms in total. The van der Waals surface area contributed by atoms with Crippen molar-refractivity contribution in [3.63, 3.8) is 0 Å². The maximum absolute atomic E-state index is 12.1. The third kappa shape index (κ3) is 5.78. The second kappa shape index (κ2) is 7.86. The Morgan fingerprint density at radius 3 is 2.32 bits per heavy atom. The number of carbonyl (C=O) groups excluding carboxylic acids is 1. The molecule has 0 saturated heterocycles. The molecule has 1 aromatic carbocycles. The largest absolute Gasteiger partial charge is 0.468 e. The maximum atomic E-state index is 12.1. The van der Waals surface area contributed by atoms with Gasteiger partial charge in [-0.3, -0.25) is 4.79 Å². The van der Waals surface area contributed by atoms with Crippen LogP contribution in [0.15, 0.2) is 42.5 Å². The zero-order chi connectivity index (χ0) is 16.8. The predicted molar refractivity (Wildman–Crippen MR) is 95.3 cm³/mol. The summed E-state index contributed by atoms with van der Waals surface area (Å²) >= 11 is 0. The van der Waals surface area contributed by atoms with Gasteiger partial charge in [-0.2, -0.15) is 0 Å². The van der Waals surface area contributed by atoms with E-state index < -0.39 is 14.0 Å². The minimum atomic E-state index is -1.55. The second-order valence-corrected chi connectivity index (χ2v) is 11.1. The average molecular weight is 315 g/mol. The SMILES string of the molecule is C=C(C)[C@@H](C(=O)OC)[C@@H](C#C[Si](C)(C)C)Nc1ccccc1. The number of rotatable bonds is 5. The highest BCUT2D eigenvalue weighted by Crippen LogP contribution is 2.20. The lowest BCUT2D eigenvalue weighted by atomic mass is 9.93. The highest BCUT2D eigenvalue weighted by molar-refractivity contribution is 6.83. The molecule has 0 fully saturated rings. The molecule has 1 rings (SSSR count). The monoisotopic (exact) mass is 315 g/mol. The van der Waals surface area contributed by atoms with Gasteiger partial charge in [-0.05, 0) is 19.1 Å². The standard InChI is InChI=1S/C18H25NO2Si/c1-14(2)17(18(20)21-3)16(12-13-22(4,5)6)19-15-10-8-7-9-11-15/h7-11,16-17,19H,1H2,2-6H3/t16-,17-/m1/s1. The number of nitrogens with one attached hydrogen (secondary N) is 1. The van der Waals surface area contributed by atoms with E-state index in [0.29, 0.717) is 0 Å². The molecular weight excluding hydrogens is 290 g/mol. The molecule has 0 aromatic heterocycles. The molecule has 0 radical (unpaired) electrons. The first-order valence-corrected chi connectivity index (χ1v) is 10.8. The first-order valence-electron chi connectivity index (χ1n) is 7.32. The number of anilines is 1. The molecule has 2 atom stereocenters. The molecule has 0 amide bonds. The van der Waals surface area contributed by atoms with Gasteiger partial charge >= 0.3 is 5.97 Å². The van der Waals surface area contributed by atoms with E-state index >= 15 is 0 Å². The molecule has 0 bridgehead atoms. The van der Waals surface area contributed by atoms with Crippen molar-refractivity contribution in [1.82, 2.24) is 0 Å². The molecule has 0 saturated carbocycles. The third-order valence-electron chi connectivity index (χ3n) is 3.02. The summed E-state index contributed by atoms with van der Waals surface area (Å²) in [4.78, 5) is 12.1. The van der Waals surface area contributed by atoms with Gasteiger partial charge in [0.2, 0.25) is 0 Å². The number of ether oxygens (including phenoxy) is 1. The van der Waals surface area contributed by atoms with Crippen LogP contribution >= 0.6 is 0 Å². The molecule has 0 aliphatic heterocycles. The summed E-state index contributed by atoms with van der Waals surface area (Å²) in [5.41, 5.74) is 5.00. The maximum Gasteiger partial charge on any atom is 0.315 e. The van der Waals surface area contributed by atoms with E-state index in [1.807, 2.05) is 37.3 Å². The van der Waals surface area contributed by atoms with Gasteiger partial charge in [0.1, 0.15) is 20.0 Å². The second-order valence-electron chi connectivity index (χ2n) is 6.35. The van der Waals surface area contributed by atoms with Gasteiger partial charge in [0.15, 0.2) is 0 Å². The molecule has 1 aromatic rings. The number of hydrogen-bond acceptors (Lipinski definition) is 3. The Morgan fingerprint density at radius 1 is 1.27 bits per heavy atom. The van der Waals surface area contributed by atoms with Crippen molar-refractivity contribution in [2.75, 3.05) is 12.4 Å². The van der Waals surface area contributed by atoms with E-state index in [0.717, 1.165) is 11.3 Å². The lowest BCUT2D eigenvalue weighted by molar-refractivity contribution is -0.144. The Morgan fingerprint density at radius 2 is 1.86 bits per heavy atom. The van der Waals surface area contributed by atoms with Gasteiger partial charge in [-0.1, -0.05) is 55.9 Å². The fourth-order valence-corrected chi connectivity index (χ4v) is 2.55. The molecular formula is C18H25NO2Si. The van der Waals surface area contributed by atoms with Crippen LogP contribution in [0.3, 0.4) is 0 Å². The van der Waals surface area contributed by atoms with Gasteiger partial charge in [-0.25, -0.2) is 0 Å². The molecule has 0 aliphatic carbocycles. The molecule has 4 heteroatoms. The summed E-state index contributed by atoms with van der Waals surface area (Å²) in [5.74, 6) is 2.44. The summed E-state index contributed by atoms with van der Waals surface area (Å²) in [6, 6.07) is 9.40. The van der Waals surface area contributed by atoms with E-state index in [-0.39, 0.29) is 12.0 Å². The molecule has 0 unspecified atom stereocenters. The fourth-order valence-electron chi connectivity index (χ4n) is 1.96. The van der Waals surface area contributed by atoms with Crippen molar-refractivity contribution in [3.05, 3.63) is 42.5 Å². The lowest BCUT2D eigenvalue weighted by Crippen LogP contribution is -2.35. The number of hydrogen-bond donors (Lipinski definition) is 1. The van der Waals surface area contributed by atoms with E-state index in [1.54, 1.807) is 0 Å². The number of methoxy groups -OCH3 is 1. The Labute approximate surface area is 134 Å². The van der Waals surface area contributed by atoms with Crippen LogP contribution in [0.25, 0.3) is 0 Å². The van der Waals surface area contributed by atoms with Crippen LogP contribution < -0.4 is 5.32 Å². The number of para-hydroxylation sites is 1. The Bertz CT molecular complexity index is 579. The van der Waals surface area contributed by atoms with E-state index in [1.165, 1.54) is 7.11 Å². The van der Waals surface area contributed by atoms with Crippen LogP contribution in [0.4, 0.5) is 5.69 Å². The first kappa shape index (κ1) is 18.1. The van der Waals surface area contributed by atoms with Gasteiger partial charge in [0.05, 0.1) is 7.11 Å². The van der Waals surface area contributed by atoms with Crippen molar-refractivity contribution < 1.29 is 9.53 Å². The minimum Gasteiger partial charge on any atom is -0.468 e. The Hall–Kier alpha value is -1.99. The number of benzene rings is 1. The highest BCUT2D eigenvalue weighted by atomic mass is 28.3. The van der Waals surface area contributed by atoms with Crippen LogP contribution in [0.1, 0.15) is 6.92 Å². The van der Waals surface area contributed by atoms with Crippen LogP contribution in [-0.2, 0) is 9.53 Å². The predicted octanol–water partition coefficient (Wildman–Crippen LogP) is 3.71. The molecule has 22 heavy (non-hydrogen) atoms. The Kier molecular flexibility index (Phi) is 6.45. The average Bonchev–Trinajstić information content (AvgIpc) is 2.44. The molecule has 0 aliphatic rings. The fraction of sp³-hybridized carbons (Fsp3) is 0.389. The topological polar surface area (TPSA) is 38.3 Å². The van der Waals surface area contributed by atoms with Gasteiger partial charge < -0.3 is 10.1 Å². The highest BCUT2D eigenvalue weighted by Gasteiger charge is 2.29. The van der Waals surface area contributed by atoms with Crippen LogP contribution in [0.5, 0.6) is 0 Å². The van der Waals surface area contributed by atoms with E-state index in [2.05, 4.69) is 43.0 Å². The van der Waals surface area contributed by atoms with E-state index in [4.69, 9.17) is 4.74 Å². The van der Waals surface area contributed by atoms with Gasteiger partial charge in [0.25, 0.3) is 0 Å². The lowest BCUT2D eigenvalue weighted by Gasteiger charge is -2.24. The Balaban J connectivity index is 3.16. The van der Waals surface area contributed by atoms with Crippen molar-refractivity contribution in [2.45, 2.75) is 32.6 Å². The molecule has 0 heterocycles. The quantitative estimate of drug-likeness (QED) is 0.389. The summed E-state index contributed by atoms with van der Waals surface area (Å²) in [7, 11) is -0.153. The summed E-state index contributed by atoms with van der Waals surface area (Å²) < 4.78 is 4.93. The summed E-state index contributed by atoms with van der Waals surface area (Å²) in [5, 5.41) is 3.34. The number of carbonyl (C=O) groups is 1. The van der Waals surface area contributed by atoms with Crippen molar-refractivity contribution in [1.29, 1.82) is 0 Å². The number of esters is 1. The van der Waals surface area contributed by atoms with Crippen LogP contribution in [-0.4, -0.2) is 27.2 Å². The zero-order valence-electron chi connectivity index (χ0n) is 14.1.